The number of aliphatic carboxylic acids is 1. The van der Waals surface area contributed by atoms with Gasteiger partial charge in [0.05, 0.1) is 30.0 Å². The highest BCUT2D eigenvalue weighted by Gasteiger charge is 2.65. The largest absolute Gasteiger partial charge is 0.480 e. The molecule has 3 fully saturated rings. The van der Waals surface area contributed by atoms with E-state index in [2.05, 4.69) is 0 Å². The molecule has 2 aromatic rings. The monoisotopic (exact) mass is 571 g/mol. The summed E-state index contributed by atoms with van der Waals surface area (Å²) in [6.07, 6.45) is -1.11. The third kappa shape index (κ3) is 4.25. The van der Waals surface area contributed by atoms with Crippen LogP contribution in [0.25, 0.3) is 0 Å². The minimum Gasteiger partial charge on any atom is -0.480 e. The van der Waals surface area contributed by atoms with Crippen molar-refractivity contribution in [1.82, 2.24) is 14.7 Å². The number of hydrogen-bond donors (Lipinski definition) is 2. The average Bonchev–Trinajstić information content (AvgIpc) is 3.54. The van der Waals surface area contributed by atoms with Gasteiger partial charge in [-0.15, -0.1) is 0 Å². The van der Waals surface area contributed by atoms with Gasteiger partial charge in [-0.2, -0.15) is 5.26 Å². The quantitative estimate of drug-likeness (QED) is 0.538. The van der Waals surface area contributed by atoms with Gasteiger partial charge >= 0.3 is 18.0 Å². The number of amides is 5. The number of aliphatic hydroxyl groups excluding tert-OH is 1. The van der Waals surface area contributed by atoms with Crippen LogP contribution in [0.2, 0.25) is 10.0 Å². The second kappa shape index (κ2) is 9.72. The molecule has 13 heteroatoms. The van der Waals surface area contributed by atoms with Crippen molar-refractivity contribution in [3.8, 4) is 6.07 Å². The Bertz CT molecular complexity index is 1410. The summed E-state index contributed by atoms with van der Waals surface area (Å²) in [5.41, 5.74) is -0.374. The van der Waals surface area contributed by atoms with Crippen molar-refractivity contribution in [2.24, 2.45) is 0 Å². The highest BCUT2D eigenvalue weighted by Crippen LogP contribution is 2.47. The molecule has 3 saturated heterocycles. The van der Waals surface area contributed by atoms with Crippen LogP contribution in [-0.4, -0.2) is 93.2 Å². The van der Waals surface area contributed by atoms with Gasteiger partial charge in [0.25, 0.3) is 5.91 Å². The zero-order chi connectivity index (χ0) is 28.2. The van der Waals surface area contributed by atoms with Crippen LogP contribution in [0.3, 0.4) is 0 Å². The van der Waals surface area contributed by atoms with Crippen LogP contribution < -0.4 is 4.90 Å². The Morgan fingerprint density at radius 1 is 1.08 bits per heavy atom. The summed E-state index contributed by atoms with van der Waals surface area (Å²) in [5, 5.41) is 29.4. The fraction of sp³-hybridized carbons (Fsp3) is 0.346. The van der Waals surface area contributed by atoms with Crippen LogP contribution >= 0.6 is 23.2 Å². The summed E-state index contributed by atoms with van der Waals surface area (Å²) in [5.74, 6) is -2.56. The molecule has 3 aliphatic heterocycles. The number of carbonyl (C=O) groups excluding carboxylic acids is 3. The second-order valence-electron chi connectivity index (χ2n) is 9.88. The Morgan fingerprint density at radius 2 is 1.72 bits per heavy atom. The molecule has 202 valence electrons. The van der Waals surface area contributed by atoms with Crippen LogP contribution in [0.15, 0.2) is 42.5 Å². The van der Waals surface area contributed by atoms with Crippen molar-refractivity contribution in [3.05, 3.63) is 63.6 Å². The molecule has 2 N–H and O–H groups in total. The standard InChI is InChI=1S/C26H23Cl2N5O6/c1-30-24(38)33(18-7-16(27)6-17(28)8-18)23(37)26(30)13-31(12-20(26)15-4-2-14(10-29)3-5-15)25(39)32-11-19(34)9-21(32)22(35)36/h2-8,19-21,34H,9,11-13H2,1H3,(H,35,36)/t19-,20-,21+,26+/m0/s1. The van der Waals surface area contributed by atoms with Crippen LogP contribution in [0.1, 0.15) is 23.5 Å². The molecular formula is C26H23Cl2N5O6. The number of anilines is 1. The van der Waals surface area contributed by atoms with Crippen molar-refractivity contribution < 1.29 is 29.4 Å². The molecule has 11 nitrogen and oxygen atoms in total. The first-order chi connectivity index (χ1) is 18.5. The zero-order valence-electron chi connectivity index (χ0n) is 20.6. The van der Waals surface area contributed by atoms with Gasteiger partial charge in [-0.05, 0) is 35.9 Å². The van der Waals surface area contributed by atoms with E-state index >= 15 is 0 Å². The zero-order valence-corrected chi connectivity index (χ0v) is 22.1. The molecule has 39 heavy (non-hydrogen) atoms. The Labute approximate surface area is 233 Å². The number of aliphatic hydroxyl groups is 1. The first-order valence-corrected chi connectivity index (χ1v) is 12.8. The van der Waals surface area contributed by atoms with E-state index in [4.69, 9.17) is 23.2 Å². The number of carboxylic acid groups (broad SMARTS) is 1. The number of nitrogens with zero attached hydrogens (tertiary/aromatic N) is 5. The molecule has 5 rings (SSSR count). The molecule has 1 spiro atoms. The molecule has 0 unspecified atom stereocenters. The van der Waals surface area contributed by atoms with Crippen molar-refractivity contribution in [2.45, 2.75) is 30.0 Å². The lowest BCUT2D eigenvalue weighted by Gasteiger charge is -2.33. The fourth-order valence-corrected chi connectivity index (χ4v) is 6.31. The van der Waals surface area contributed by atoms with E-state index in [0.29, 0.717) is 11.1 Å². The van der Waals surface area contributed by atoms with E-state index < -0.39 is 47.5 Å². The second-order valence-corrected chi connectivity index (χ2v) is 10.8. The summed E-state index contributed by atoms with van der Waals surface area (Å²) >= 11 is 12.3. The third-order valence-electron chi connectivity index (χ3n) is 7.69. The van der Waals surface area contributed by atoms with Gasteiger partial charge in [-0.3, -0.25) is 4.79 Å². The summed E-state index contributed by atoms with van der Waals surface area (Å²) in [6.45, 7) is -0.408. The molecule has 3 heterocycles. The van der Waals surface area contributed by atoms with Gasteiger partial charge in [0.15, 0.2) is 0 Å². The predicted molar refractivity (Wildman–Crippen MR) is 139 cm³/mol. The highest BCUT2D eigenvalue weighted by molar-refractivity contribution is 6.35. The van der Waals surface area contributed by atoms with Crippen molar-refractivity contribution in [3.63, 3.8) is 0 Å². The Balaban J connectivity index is 1.58. The summed E-state index contributed by atoms with van der Waals surface area (Å²) in [4.78, 5) is 57.9. The number of likely N-dealkylation sites (N-methyl/N-ethyl adjacent to an activating group) is 1. The van der Waals surface area contributed by atoms with E-state index in [0.717, 1.165) is 9.80 Å². The Kier molecular flexibility index (Phi) is 6.66. The Morgan fingerprint density at radius 3 is 2.31 bits per heavy atom. The number of imide groups is 1. The van der Waals surface area contributed by atoms with Gasteiger partial charge in [0.2, 0.25) is 0 Å². The number of benzene rings is 2. The lowest BCUT2D eigenvalue weighted by molar-refractivity contribution is -0.141. The van der Waals surface area contributed by atoms with E-state index in [-0.39, 0.29) is 41.8 Å². The molecule has 5 amide bonds. The van der Waals surface area contributed by atoms with Crippen molar-refractivity contribution in [2.75, 3.05) is 31.6 Å². The van der Waals surface area contributed by atoms with Crippen molar-refractivity contribution in [1.29, 1.82) is 5.26 Å². The maximum Gasteiger partial charge on any atom is 0.332 e. The van der Waals surface area contributed by atoms with E-state index in [1.54, 1.807) is 24.3 Å². The van der Waals surface area contributed by atoms with Gasteiger partial charge in [0, 0.05) is 42.5 Å². The predicted octanol–water partition coefficient (Wildman–Crippen LogP) is 2.74. The van der Waals surface area contributed by atoms with Gasteiger partial charge in [-0.1, -0.05) is 35.3 Å². The lowest BCUT2D eigenvalue weighted by atomic mass is 9.80. The number of hydrogen-bond acceptors (Lipinski definition) is 6. The summed E-state index contributed by atoms with van der Waals surface area (Å²) in [7, 11) is 1.47. The van der Waals surface area contributed by atoms with E-state index in [9.17, 15) is 34.7 Å². The molecule has 0 aromatic heterocycles. The molecule has 0 bridgehead atoms. The molecule has 0 aliphatic carbocycles. The first-order valence-electron chi connectivity index (χ1n) is 12.0. The lowest BCUT2D eigenvalue weighted by Crippen LogP contribution is -2.55. The van der Waals surface area contributed by atoms with Crippen LogP contribution in [0, 0.1) is 11.3 Å². The minimum absolute atomic E-state index is 0.0167. The number of β-amino-alcohol motifs (C(OH)–C–C–N with tert-alkyl or cyclic N) is 1. The molecule has 4 atom stereocenters. The minimum atomic E-state index is -1.55. The number of halogens is 2. The van der Waals surface area contributed by atoms with E-state index in [1.165, 1.54) is 35.0 Å². The normalized spacial score (nSPS) is 26.6. The van der Waals surface area contributed by atoms with E-state index in [1.807, 2.05) is 6.07 Å². The van der Waals surface area contributed by atoms with Crippen LogP contribution in [0.4, 0.5) is 15.3 Å². The third-order valence-corrected chi connectivity index (χ3v) is 8.13. The molecule has 2 aromatic carbocycles. The number of rotatable bonds is 3. The van der Waals surface area contributed by atoms with Gasteiger partial charge in [0.1, 0.15) is 11.6 Å². The summed E-state index contributed by atoms with van der Waals surface area (Å²) in [6, 6.07) is 10.4. The fourth-order valence-electron chi connectivity index (χ4n) is 5.79. The molecular weight excluding hydrogens is 549 g/mol. The molecule has 0 radical (unpaired) electrons. The number of carbonyl (C=O) groups is 4. The Hall–Kier alpha value is -3.85. The maximum absolute atomic E-state index is 14.2. The number of urea groups is 2. The average molecular weight is 572 g/mol. The SMILES string of the molecule is CN1C(=O)N(c2cc(Cl)cc(Cl)c2)C(=O)[C@]12CN(C(=O)N1C[C@@H](O)C[C@@H]1C(=O)O)C[C@H]2c1ccc(C#N)cc1. The van der Waals surface area contributed by atoms with Crippen LogP contribution in [0.5, 0.6) is 0 Å². The topological polar surface area (TPSA) is 145 Å². The van der Waals surface area contributed by atoms with Crippen molar-refractivity contribution >= 4 is 52.8 Å². The highest BCUT2D eigenvalue weighted by atomic mass is 35.5. The number of nitriles is 1. The summed E-state index contributed by atoms with van der Waals surface area (Å²) < 4.78 is 0. The number of carboxylic acids is 1. The molecule has 0 saturated carbocycles. The first kappa shape index (κ1) is 26.7. The van der Waals surface area contributed by atoms with Gasteiger partial charge < -0.3 is 24.9 Å². The molecule has 3 aliphatic rings. The smallest absolute Gasteiger partial charge is 0.332 e. The van der Waals surface area contributed by atoms with Crippen LogP contribution in [-0.2, 0) is 9.59 Å². The maximum atomic E-state index is 14.2. The van der Waals surface area contributed by atoms with Gasteiger partial charge in [-0.25, -0.2) is 19.3 Å². The number of likely N-dealkylation sites (tertiary alicyclic amines) is 2.